The van der Waals surface area contributed by atoms with E-state index in [1.54, 1.807) is 0 Å². The number of carbonyl (C=O) groups excluding carboxylic acids is 1. The Bertz CT molecular complexity index is 388. The second-order valence-corrected chi connectivity index (χ2v) is 2.62. The average molecular weight is 164 g/mol. The Hall–Kier alpha value is -1.51. The van der Waals surface area contributed by atoms with Gasteiger partial charge in [0.2, 0.25) is 0 Å². The van der Waals surface area contributed by atoms with Gasteiger partial charge in [0.15, 0.2) is 0 Å². The molecule has 0 saturated carbocycles. The van der Waals surface area contributed by atoms with Gasteiger partial charge in [0.25, 0.3) is 0 Å². The molecule has 0 aliphatic rings. The van der Waals surface area contributed by atoms with Gasteiger partial charge in [0.05, 0.1) is 13.5 Å². The van der Waals surface area contributed by atoms with E-state index in [-0.39, 0.29) is 5.97 Å². The number of rotatable bonds is 2. The molecule has 12 heavy (non-hydrogen) atoms. The van der Waals surface area contributed by atoms with Crippen LogP contribution in [0.5, 0.6) is 0 Å². The van der Waals surface area contributed by atoms with Crippen molar-refractivity contribution in [2.24, 2.45) is 0 Å². The molecular weight excluding hydrogens is 156 g/mol. The monoisotopic (exact) mass is 164 g/mol. The number of methoxy groups -OCH3 is 1. The fraction of sp³-hybridized carbons (Fsp3) is 0.222. The summed E-state index contributed by atoms with van der Waals surface area (Å²) in [4.78, 5) is 10.9. The van der Waals surface area contributed by atoms with Crippen molar-refractivity contribution in [2.45, 2.75) is 6.42 Å². The molecule has 0 fully saturated rings. The summed E-state index contributed by atoms with van der Waals surface area (Å²) in [6.07, 6.45) is 0.291. The summed E-state index contributed by atoms with van der Waals surface area (Å²) in [5.41, 5.74) is 2.48. The standard InChI is InChI=1S/C9H8O3/c1-11-9(10)5-6-4-7-2-3-8(6)12-7/h2-4H,5H2,1H3. The molecule has 0 atom stereocenters. The van der Waals surface area contributed by atoms with Gasteiger partial charge in [-0.05, 0) is 18.2 Å². The molecule has 0 unspecified atom stereocenters. The van der Waals surface area contributed by atoms with Crippen molar-refractivity contribution < 1.29 is 13.9 Å². The third kappa shape index (κ3) is 1.03. The number of furan rings is 2. The zero-order valence-electron chi connectivity index (χ0n) is 6.66. The number of hydrogen-bond acceptors (Lipinski definition) is 3. The van der Waals surface area contributed by atoms with E-state index in [4.69, 9.17) is 4.42 Å². The third-order valence-corrected chi connectivity index (χ3v) is 1.82. The third-order valence-electron chi connectivity index (χ3n) is 1.82. The van der Waals surface area contributed by atoms with E-state index in [2.05, 4.69) is 4.74 Å². The van der Waals surface area contributed by atoms with E-state index in [1.807, 2.05) is 18.2 Å². The van der Waals surface area contributed by atoms with E-state index in [9.17, 15) is 4.79 Å². The first kappa shape index (κ1) is 7.16. The highest BCUT2D eigenvalue weighted by Crippen LogP contribution is 2.22. The molecule has 2 rings (SSSR count). The second kappa shape index (κ2) is 2.52. The molecule has 2 heterocycles. The van der Waals surface area contributed by atoms with Crippen LogP contribution < -0.4 is 0 Å². The summed E-state index contributed by atoms with van der Waals surface area (Å²) in [5, 5.41) is 0. The number of hydrogen-bond donors (Lipinski definition) is 0. The van der Waals surface area contributed by atoms with Gasteiger partial charge in [-0.15, -0.1) is 0 Å². The number of fused-ring (bicyclic) bond motifs is 2. The van der Waals surface area contributed by atoms with Gasteiger partial charge in [0.1, 0.15) is 11.2 Å². The first-order valence-electron chi connectivity index (χ1n) is 3.67. The number of ether oxygens (including phenoxy) is 1. The molecule has 0 aliphatic heterocycles. The van der Waals surface area contributed by atoms with Crippen LogP contribution in [0.1, 0.15) is 5.56 Å². The molecule has 2 bridgehead atoms. The van der Waals surface area contributed by atoms with Crippen LogP contribution in [0.2, 0.25) is 0 Å². The van der Waals surface area contributed by atoms with Crippen LogP contribution in [0.4, 0.5) is 0 Å². The largest absolute Gasteiger partial charge is 0.469 e. The smallest absolute Gasteiger partial charge is 0.310 e. The molecule has 0 aromatic carbocycles. The summed E-state index contributed by atoms with van der Waals surface area (Å²) in [6.45, 7) is 0. The van der Waals surface area contributed by atoms with E-state index < -0.39 is 0 Å². The summed E-state index contributed by atoms with van der Waals surface area (Å²) in [6, 6.07) is 5.58. The minimum absolute atomic E-state index is 0.237. The zero-order valence-corrected chi connectivity index (χ0v) is 6.66. The lowest BCUT2D eigenvalue weighted by atomic mass is 10.2. The van der Waals surface area contributed by atoms with Crippen LogP contribution in [0, 0.1) is 0 Å². The predicted octanol–water partition coefficient (Wildman–Crippen LogP) is 1.59. The number of esters is 1. The summed E-state index contributed by atoms with van der Waals surface area (Å²) < 4.78 is 9.79. The number of carbonyl (C=O) groups is 1. The minimum Gasteiger partial charge on any atom is -0.469 e. The van der Waals surface area contributed by atoms with Crippen molar-refractivity contribution in [1.82, 2.24) is 0 Å². The van der Waals surface area contributed by atoms with E-state index in [0.717, 1.165) is 16.7 Å². The van der Waals surface area contributed by atoms with Gasteiger partial charge >= 0.3 is 5.97 Å². The maximum atomic E-state index is 10.9. The van der Waals surface area contributed by atoms with Crippen LogP contribution in [0.3, 0.4) is 0 Å². The van der Waals surface area contributed by atoms with E-state index in [0.29, 0.717) is 6.42 Å². The van der Waals surface area contributed by atoms with Crippen molar-refractivity contribution in [2.75, 3.05) is 7.11 Å². The molecule has 2 aromatic heterocycles. The first-order valence-corrected chi connectivity index (χ1v) is 3.67. The van der Waals surface area contributed by atoms with E-state index >= 15 is 0 Å². The maximum absolute atomic E-state index is 10.9. The first-order chi connectivity index (χ1) is 5.79. The molecule has 3 nitrogen and oxygen atoms in total. The molecule has 3 heteroatoms. The second-order valence-electron chi connectivity index (χ2n) is 2.62. The van der Waals surface area contributed by atoms with Crippen LogP contribution >= 0.6 is 0 Å². The molecule has 2 aromatic rings. The Labute approximate surface area is 69.3 Å². The summed E-state index contributed by atoms with van der Waals surface area (Å²) in [5.74, 6) is -0.237. The van der Waals surface area contributed by atoms with Crippen LogP contribution in [0.15, 0.2) is 22.6 Å². The molecular formula is C9H8O3. The highest BCUT2D eigenvalue weighted by Gasteiger charge is 2.10. The molecule has 0 amide bonds. The maximum Gasteiger partial charge on any atom is 0.310 e. The topological polar surface area (TPSA) is 39.4 Å². The van der Waals surface area contributed by atoms with Crippen LogP contribution in [-0.2, 0) is 16.0 Å². The van der Waals surface area contributed by atoms with Crippen LogP contribution in [-0.4, -0.2) is 13.1 Å². The zero-order chi connectivity index (χ0) is 8.55. The highest BCUT2D eigenvalue weighted by atomic mass is 16.5. The fourth-order valence-electron chi connectivity index (χ4n) is 1.21. The van der Waals surface area contributed by atoms with Gasteiger partial charge in [-0.25, -0.2) is 0 Å². The molecule has 0 spiro atoms. The normalized spacial score (nSPS) is 10.8. The Morgan fingerprint density at radius 3 is 2.92 bits per heavy atom. The highest BCUT2D eigenvalue weighted by molar-refractivity contribution is 5.78. The average Bonchev–Trinajstić information content (AvgIpc) is 2.64. The molecule has 0 N–H and O–H groups in total. The fourth-order valence-corrected chi connectivity index (χ4v) is 1.21. The quantitative estimate of drug-likeness (QED) is 0.632. The summed E-state index contributed by atoms with van der Waals surface area (Å²) in [7, 11) is 1.38. The van der Waals surface area contributed by atoms with E-state index in [1.165, 1.54) is 7.11 Å². The van der Waals surface area contributed by atoms with Crippen molar-refractivity contribution in [1.29, 1.82) is 0 Å². The predicted molar refractivity (Wildman–Crippen MR) is 43.1 cm³/mol. The van der Waals surface area contributed by atoms with Crippen LogP contribution in [0.25, 0.3) is 11.2 Å². The summed E-state index contributed by atoms with van der Waals surface area (Å²) >= 11 is 0. The SMILES string of the molecule is COC(=O)Cc1cc2ccc1o2. The molecule has 62 valence electrons. The Morgan fingerprint density at radius 2 is 2.42 bits per heavy atom. The van der Waals surface area contributed by atoms with Crippen molar-refractivity contribution in [3.8, 4) is 0 Å². The van der Waals surface area contributed by atoms with Crippen molar-refractivity contribution >= 4 is 17.1 Å². The Balaban J connectivity index is 2.24. The lowest BCUT2D eigenvalue weighted by Crippen LogP contribution is -2.03. The Kier molecular flexibility index (Phi) is 1.50. The van der Waals surface area contributed by atoms with Gasteiger partial charge in [-0.2, -0.15) is 0 Å². The van der Waals surface area contributed by atoms with Crippen molar-refractivity contribution in [3.05, 3.63) is 23.8 Å². The molecule has 0 aliphatic carbocycles. The Morgan fingerprint density at radius 1 is 1.58 bits per heavy atom. The lowest BCUT2D eigenvalue weighted by molar-refractivity contribution is -0.139. The van der Waals surface area contributed by atoms with Gasteiger partial charge < -0.3 is 9.15 Å². The van der Waals surface area contributed by atoms with Crippen molar-refractivity contribution in [3.63, 3.8) is 0 Å². The lowest BCUT2D eigenvalue weighted by Gasteiger charge is -1.95. The van der Waals surface area contributed by atoms with Gasteiger partial charge in [-0.1, -0.05) is 0 Å². The molecule has 0 radical (unpaired) electrons. The molecule has 0 saturated heterocycles. The van der Waals surface area contributed by atoms with Gasteiger partial charge in [0, 0.05) is 5.56 Å². The van der Waals surface area contributed by atoms with Gasteiger partial charge in [-0.3, -0.25) is 4.79 Å². The number of benzene rings is 1. The minimum atomic E-state index is -0.237.